The van der Waals surface area contributed by atoms with Crippen molar-refractivity contribution in [1.29, 1.82) is 0 Å². The van der Waals surface area contributed by atoms with Gasteiger partial charge < -0.3 is 10.6 Å². The first kappa shape index (κ1) is 17.3. The second kappa shape index (κ2) is 8.52. The summed E-state index contributed by atoms with van der Waals surface area (Å²) in [7, 11) is 1.81. The second-order valence-corrected chi connectivity index (χ2v) is 7.85. The van der Waals surface area contributed by atoms with Gasteiger partial charge in [0.05, 0.1) is 5.01 Å². The maximum Gasteiger partial charge on any atom is 0.191 e. The first-order chi connectivity index (χ1) is 9.50. The maximum atomic E-state index is 4.42. The van der Waals surface area contributed by atoms with Crippen LogP contribution in [0.2, 0.25) is 0 Å². The summed E-state index contributed by atoms with van der Waals surface area (Å²) in [6.07, 6.45) is 6.12. The van der Waals surface area contributed by atoms with Gasteiger partial charge in [-0.05, 0) is 26.5 Å². The van der Waals surface area contributed by atoms with Crippen LogP contribution in [0.4, 0.5) is 0 Å². The first-order valence-electron chi connectivity index (χ1n) is 6.94. The van der Waals surface area contributed by atoms with Crippen LogP contribution in [0.5, 0.6) is 0 Å². The predicted octanol–water partition coefficient (Wildman–Crippen LogP) is 2.55. The molecule has 1 heterocycles. The summed E-state index contributed by atoms with van der Waals surface area (Å²) in [6, 6.07) is 0. The third-order valence-electron chi connectivity index (χ3n) is 3.04. The Balaban J connectivity index is 2.31. The average Bonchev–Trinajstić information content (AvgIpc) is 2.90. The molecule has 20 heavy (non-hydrogen) atoms. The Hall–Kier alpha value is -0.750. The summed E-state index contributed by atoms with van der Waals surface area (Å²) in [5, 5.41) is 7.89. The number of thioether (sulfide) groups is 1. The molecule has 0 spiro atoms. The van der Waals surface area contributed by atoms with E-state index in [-0.39, 0.29) is 4.75 Å². The van der Waals surface area contributed by atoms with Crippen molar-refractivity contribution in [2.24, 2.45) is 4.99 Å². The molecule has 4 nitrogen and oxygen atoms in total. The SMILES string of the molecule is CCc1cnc(CCNC(=NC)NCC(C)(C)SC)s1. The van der Waals surface area contributed by atoms with Crippen LogP contribution in [-0.2, 0) is 12.8 Å². The third-order valence-corrected chi connectivity index (χ3v) is 5.49. The molecule has 0 saturated carbocycles. The molecule has 1 aromatic rings. The van der Waals surface area contributed by atoms with Gasteiger partial charge in [0.1, 0.15) is 0 Å². The number of hydrogen-bond donors (Lipinski definition) is 2. The number of nitrogens with one attached hydrogen (secondary N) is 2. The molecule has 0 aromatic carbocycles. The maximum absolute atomic E-state index is 4.42. The number of rotatable bonds is 7. The Bertz CT molecular complexity index is 427. The largest absolute Gasteiger partial charge is 0.356 e. The lowest BCUT2D eigenvalue weighted by Gasteiger charge is -2.23. The Kier molecular flexibility index (Phi) is 7.37. The molecule has 0 aliphatic heterocycles. The van der Waals surface area contributed by atoms with E-state index in [1.54, 1.807) is 18.4 Å². The quantitative estimate of drug-likeness (QED) is 0.600. The van der Waals surface area contributed by atoms with Gasteiger partial charge in [-0.2, -0.15) is 11.8 Å². The number of hydrogen-bond acceptors (Lipinski definition) is 4. The molecule has 2 N–H and O–H groups in total. The number of aliphatic imine (C=N–C) groups is 1. The summed E-state index contributed by atoms with van der Waals surface area (Å²) in [5.74, 6) is 0.861. The number of nitrogens with zero attached hydrogens (tertiary/aromatic N) is 2. The second-order valence-electron chi connectivity index (χ2n) is 5.14. The molecule has 0 saturated heterocycles. The van der Waals surface area contributed by atoms with Crippen molar-refractivity contribution in [1.82, 2.24) is 15.6 Å². The van der Waals surface area contributed by atoms with E-state index < -0.39 is 0 Å². The number of thiazole rings is 1. The lowest BCUT2D eigenvalue weighted by Crippen LogP contribution is -2.43. The van der Waals surface area contributed by atoms with Gasteiger partial charge in [-0.3, -0.25) is 4.99 Å². The fraction of sp³-hybridized carbons (Fsp3) is 0.714. The van der Waals surface area contributed by atoms with E-state index in [9.17, 15) is 0 Å². The molecule has 1 rings (SSSR count). The van der Waals surface area contributed by atoms with Crippen molar-refractivity contribution in [2.45, 2.75) is 38.4 Å². The molecule has 0 fully saturated rings. The minimum Gasteiger partial charge on any atom is -0.356 e. The molecule has 0 atom stereocenters. The highest BCUT2D eigenvalue weighted by Crippen LogP contribution is 2.19. The van der Waals surface area contributed by atoms with E-state index >= 15 is 0 Å². The molecule has 0 amide bonds. The van der Waals surface area contributed by atoms with Gasteiger partial charge in [0.2, 0.25) is 0 Å². The van der Waals surface area contributed by atoms with Crippen LogP contribution in [-0.4, -0.2) is 42.1 Å². The Morgan fingerprint density at radius 3 is 2.75 bits per heavy atom. The predicted molar refractivity (Wildman–Crippen MR) is 92.2 cm³/mol. The molecule has 0 unspecified atom stereocenters. The fourth-order valence-corrected chi connectivity index (χ4v) is 2.58. The van der Waals surface area contributed by atoms with Gasteiger partial charge in [0, 0.05) is 42.4 Å². The highest BCUT2D eigenvalue weighted by Gasteiger charge is 2.15. The molecular weight excluding hydrogens is 288 g/mol. The van der Waals surface area contributed by atoms with E-state index in [0.29, 0.717) is 0 Å². The molecule has 1 aromatic heterocycles. The minimum atomic E-state index is 0.211. The third kappa shape index (κ3) is 6.13. The van der Waals surface area contributed by atoms with Gasteiger partial charge in [-0.15, -0.1) is 11.3 Å². The number of aromatic nitrogens is 1. The van der Waals surface area contributed by atoms with E-state index in [1.165, 1.54) is 9.88 Å². The zero-order valence-corrected chi connectivity index (χ0v) is 14.7. The van der Waals surface area contributed by atoms with Crippen molar-refractivity contribution in [3.63, 3.8) is 0 Å². The summed E-state index contributed by atoms with van der Waals surface area (Å²) in [6.45, 7) is 8.36. The van der Waals surface area contributed by atoms with Gasteiger partial charge >= 0.3 is 0 Å². The molecular formula is C14H26N4S2. The van der Waals surface area contributed by atoms with Gasteiger partial charge in [0.15, 0.2) is 5.96 Å². The topological polar surface area (TPSA) is 49.3 Å². The van der Waals surface area contributed by atoms with E-state index in [1.807, 2.05) is 18.0 Å². The lowest BCUT2D eigenvalue weighted by molar-refractivity contribution is 0.664. The van der Waals surface area contributed by atoms with Gasteiger partial charge in [0.25, 0.3) is 0 Å². The standard InChI is InChI=1S/C14H26N4S2/c1-6-11-9-17-12(20-11)7-8-16-13(15-4)18-10-14(2,3)19-5/h9H,6-8,10H2,1-5H3,(H2,15,16,18). The van der Waals surface area contributed by atoms with E-state index in [0.717, 1.165) is 31.9 Å². The highest BCUT2D eigenvalue weighted by molar-refractivity contribution is 7.99. The zero-order chi connectivity index (χ0) is 15.0. The Morgan fingerprint density at radius 2 is 2.20 bits per heavy atom. The normalized spacial score (nSPS) is 12.6. The van der Waals surface area contributed by atoms with Crippen LogP contribution in [0.3, 0.4) is 0 Å². The first-order valence-corrected chi connectivity index (χ1v) is 8.98. The van der Waals surface area contributed by atoms with Crippen molar-refractivity contribution in [3.8, 4) is 0 Å². The number of guanidine groups is 1. The fourth-order valence-electron chi connectivity index (χ4n) is 1.50. The van der Waals surface area contributed by atoms with Crippen molar-refractivity contribution < 1.29 is 0 Å². The molecule has 114 valence electrons. The van der Waals surface area contributed by atoms with Crippen LogP contribution in [0.25, 0.3) is 0 Å². The summed E-state index contributed by atoms with van der Waals surface area (Å²) in [5.41, 5.74) is 0. The molecule has 0 aliphatic rings. The van der Waals surface area contributed by atoms with Crippen LogP contribution in [0.1, 0.15) is 30.7 Å². The Labute approximate surface area is 130 Å². The van der Waals surface area contributed by atoms with E-state index in [2.05, 4.69) is 47.6 Å². The Morgan fingerprint density at radius 1 is 1.45 bits per heavy atom. The molecule has 0 radical (unpaired) electrons. The molecule has 0 aliphatic carbocycles. The lowest BCUT2D eigenvalue weighted by atomic mass is 10.2. The van der Waals surface area contributed by atoms with Crippen molar-refractivity contribution >= 4 is 29.1 Å². The van der Waals surface area contributed by atoms with E-state index in [4.69, 9.17) is 0 Å². The summed E-state index contributed by atoms with van der Waals surface area (Å²) >= 11 is 3.65. The van der Waals surface area contributed by atoms with Crippen LogP contribution >= 0.6 is 23.1 Å². The van der Waals surface area contributed by atoms with Gasteiger partial charge in [-0.25, -0.2) is 4.98 Å². The molecule has 6 heteroatoms. The van der Waals surface area contributed by atoms with Crippen molar-refractivity contribution in [3.05, 3.63) is 16.1 Å². The smallest absolute Gasteiger partial charge is 0.191 e. The van der Waals surface area contributed by atoms with Crippen molar-refractivity contribution in [2.75, 3.05) is 26.4 Å². The van der Waals surface area contributed by atoms with Crippen LogP contribution in [0, 0.1) is 0 Å². The summed E-state index contributed by atoms with van der Waals surface area (Å²) in [4.78, 5) is 10.0. The van der Waals surface area contributed by atoms with Gasteiger partial charge in [-0.1, -0.05) is 6.92 Å². The zero-order valence-electron chi connectivity index (χ0n) is 13.1. The monoisotopic (exact) mass is 314 g/mol. The van der Waals surface area contributed by atoms with Crippen LogP contribution < -0.4 is 10.6 Å². The minimum absolute atomic E-state index is 0.211. The van der Waals surface area contributed by atoms with Crippen LogP contribution in [0.15, 0.2) is 11.2 Å². The highest BCUT2D eigenvalue weighted by atomic mass is 32.2. The average molecular weight is 315 g/mol. The molecule has 0 bridgehead atoms. The summed E-state index contributed by atoms with van der Waals surface area (Å²) < 4.78 is 0.211. The number of aryl methyl sites for hydroxylation is 1.